The Kier molecular flexibility index (Phi) is 6.68. The van der Waals surface area contributed by atoms with Crippen molar-refractivity contribution >= 4 is 23.3 Å². The Bertz CT molecular complexity index is 950. The van der Waals surface area contributed by atoms with Crippen LogP contribution in [-0.2, 0) is 4.74 Å². The minimum absolute atomic E-state index is 0.00420. The van der Waals surface area contributed by atoms with Crippen LogP contribution in [0, 0.1) is 11.6 Å². The molecule has 2 aromatic rings. The molecule has 0 aliphatic carbocycles. The number of amides is 1. The Morgan fingerprint density at radius 1 is 1.07 bits per heavy atom. The van der Waals surface area contributed by atoms with Crippen LogP contribution in [-0.4, -0.2) is 41.5 Å². The summed E-state index contributed by atoms with van der Waals surface area (Å²) in [5.74, 6) is -2.47. The Balaban J connectivity index is 2.37. The van der Waals surface area contributed by atoms with Crippen LogP contribution in [0.15, 0.2) is 42.7 Å². The molecule has 1 aromatic carbocycles. The van der Waals surface area contributed by atoms with Crippen molar-refractivity contribution in [3.63, 3.8) is 0 Å². The summed E-state index contributed by atoms with van der Waals surface area (Å²) in [7, 11) is 3.44. The lowest BCUT2D eigenvalue weighted by Gasteiger charge is -2.19. The first kappa shape index (κ1) is 22.0. The molecule has 0 aliphatic rings. The molecule has 1 N–H and O–H groups in total. The van der Waals surface area contributed by atoms with E-state index in [1.54, 1.807) is 52.0 Å². The lowest BCUT2D eigenvalue weighted by molar-refractivity contribution is 0.0635. The maximum Gasteiger partial charge on any atom is 0.413 e. The van der Waals surface area contributed by atoms with Gasteiger partial charge in [-0.25, -0.2) is 18.6 Å². The van der Waals surface area contributed by atoms with Crippen LogP contribution in [0.4, 0.5) is 19.4 Å². The van der Waals surface area contributed by atoms with Gasteiger partial charge in [0.2, 0.25) is 0 Å². The van der Waals surface area contributed by atoms with Crippen molar-refractivity contribution in [2.75, 3.05) is 19.4 Å². The van der Waals surface area contributed by atoms with Crippen LogP contribution in [0.25, 0.3) is 5.57 Å². The fourth-order valence-electron chi connectivity index (χ4n) is 2.39. The number of rotatable bonds is 5. The van der Waals surface area contributed by atoms with E-state index in [0.717, 1.165) is 12.1 Å². The molecule has 29 heavy (non-hydrogen) atoms. The SMILES string of the molecule is CN(C)C=C(C(=O)c1ccc(F)c(F)c1)c1ccnc(NC(=O)OC(C)(C)C)c1. The normalized spacial score (nSPS) is 11.8. The summed E-state index contributed by atoms with van der Waals surface area (Å²) in [4.78, 5) is 30.6. The van der Waals surface area contributed by atoms with E-state index in [1.165, 1.54) is 18.3 Å². The zero-order valence-electron chi connectivity index (χ0n) is 16.9. The number of nitrogens with zero attached hydrogens (tertiary/aromatic N) is 2. The highest BCUT2D eigenvalue weighted by Crippen LogP contribution is 2.23. The summed E-state index contributed by atoms with van der Waals surface area (Å²) in [5, 5.41) is 2.51. The average Bonchev–Trinajstić information content (AvgIpc) is 2.60. The molecule has 2 rings (SSSR count). The van der Waals surface area contributed by atoms with Crippen LogP contribution in [0.2, 0.25) is 0 Å². The molecule has 0 unspecified atom stereocenters. The van der Waals surface area contributed by atoms with Crippen molar-refractivity contribution in [3.8, 4) is 0 Å². The van der Waals surface area contributed by atoms with Gasteiger partial charge in [-0.05, 0) is 56.7 Å². The summed E-state index contributed by atoms with van der Waals surface area (Å²) in [6, 6.07) is 6.04. The first-order valence-electron chi connectivity index (χ1n) is 8.80. The second kappa shape index (κ2) is 8.81. The van der Waals surface area contributed by atoms with Gasteiger partial charge in [-0.2, -0.15) is 0 Å². The molecule has 0 saturated heterocycles. The Labute approximate surface area is 168 Å². The number of carbonyl (C=O) groups is 2. The highest BCUT2D eigenvalue weighted by molar-refractivity contribution is 6.28. The number of nitrogens with one attached hydrogen (secondary N) is 1. The van der Waals surface area contributed by atoms with Crippen molar-refractivity contribution < 1.29 is 23.1 Å². The Hall–Kier alpha value is -3.29. The zero-order valence-corrected chi connectivity index (χ0v) is 16.9. The third-order valence-corrected chi connectivity index (χ3v) is 3.51. The predicted octanol–water partition coefficient (Wildman–Crippen LogP) is 4.49. The third kappa shape index (κ3) is 6.38. The Morgan fingerprint density at radius 2 is 1.76 bits per heavy atom. The largest absolute Gasteiger partial charge is 0.444 e. The first-order valence-corrected chi connectivity index (χ1v) is 8.80. The molecule has 6 nitrogen and oxygen atoms in total. The van der Waals surface area contributed by atoms with E-state index in [9.17, 15) is 18.4 Å². The van der Waals surface area contributed by atoms with Gasteiger partial charge in [0.05, 0.1) is 0 Å². The highest BCUT2D eigenvalue weighted by atomic mass is 19.2. The van der Waals surface area contributed by atoms with E-state index in [4.69, 9.17) is 4.74 Å². The minimum atomic E-state index is -1.11. The number of hydrogen-bond acceptors (Lipinski definition) is 5. The van der Waals surface area contributed by atoms with E-state index in [1.807, 2.05) is 0 Å². The van der Waals surface area contributed by atoms with E-state index in [2.05, 4.69) is 10.3 Å². The number of carbonyl (C=O) groups excluding carboxylic acids is 2. The van der Waals surface area contributed by atoms with Crippen LogP contribution in [0.1, 0.15) is 36.7 Å². The van der Waals surface area contributed by atoms with Gasteiger partial charge >= 0.3 is 6.09 Å². The highest BCUT2D eigenvalue weighted by Gasteiger charge is 2.19. The predicted molar refractivity (Wildman–Crippen MR) is 106 cm³/mol. The standard InChI is InChI=1S/C21H23F2N3O3/c1-21(2,3)29-20(28)25-18-11-13(8-9-24-18)15(12-26(4)5)19(27)14-6-7-16(22)17(23)10-14/h6-12H,1-5H3,(H,24,25,28). The third-order valence-electron chi connectivity index (χ3n) is 3.51. The molecule has 1 aromatic heterocycles. The lowest BCUT2D eigenvalue weighted by atomic mass is 9.98. The van der Waals surface area contributed by atoms with E-state index in [-0.39, 0.29) is 17.0 Å². The van der Waals surface area contributed by atoms with Crippen molar-refractivity contribution in [2.45, 2.75) is 26.4 Å². The maximum absolute atomic E-state index is 13.6. The van der Waals surface area contributed by atoms with Gasteiger partial charge in [-0.1, -0.05) is 0 Å². The molecular formula is C21H23F2N3O3. The summed E-state index contributed by atoms with van der Waals surface area (Å²) >= 11 is 0. The maximum atomic E-state index is 13.6. The number of halogens is 2. The van der Waals surface area contributed by atoms with E-state index < -0.39 is 29.1 Å². The minimum Gasteiger partial charge on any atom is -0.444 e. The number of ether oxygens (including phenoxy) is 1. The number of pyridine rings is 1. The molecule has 8 heteroatoms. The molecule has 0 radical (unpaired) electrons. The second-order valence-electron chi connectivity index (χ2n) is 7.52. The lowest BCUT2D eigenvalue weighted by Crippen LogP contribution is -2.27. The van der Waals surface area contributed by atoms with Gasteiger partial charge in [0, 0.05) is 37.6 Å². The number of Topliss-reactive ketones (excluding diaryl/α,β-unsaturated/α-hetero) is 1. The monoisotopic (exact) mass is 403 g/mol. The number of anilines is 1. The van der Waals surface area contributed by atoms with E-state index >= 15 is 0 Å². The van der Waals surface area contributed by atoms with Gasteiger partial charge in [-0.3, -0.25) is 10.1 Å². The van der Waals surface area contributed by atoms with E-state index in [0.29, 0.717) is 5.56 Å². The number of hydrogen-bond donors (Lipinski definition) is 1. The first-order chi connectivity index (χ1) is 13.5. The molecule has 0 atom stereocenters. The van der Waals surface area contributed by atoms with Gasteiger partial charge in [-0.15, -0.1) is 0 Å². The van der Waals surface area contributed by atoms with Crippen molar-refractivity contribution in [1.82, 2.24) is 9.88 Å². The summed E-state index contributed by atoms with van der Waals surface area (Å²) < 4.78 is 32.0. The van der Waals surface area contributed by atoms with Crippen LogP contribution in [0.5, 0.6) is 0 Å². The fourth-order valence-corrected chi connectivity index (χ4v) is 2.39. The molecule has 0 saturated carbocycles. The molecule has 1 heterocycles. The second-order valence-corrected chi connectivity index (χ2v) is 7.52. The topological polar surface area (TPSA) is 71.5 Å². The zero-order chi connectivity index (χ0) is 21.8. The summed E-state index contributed by atoms with van der Waals surface area (Å²) in [6.07, 6.45) is 2.28. The fraction of sp³-hybridized carbons (Fsp3) is 0.286. The average molecular weight is 403 g/mol. The number of allylic oxidation sites excluding steroid dienone is 1. The Morgan fingerprint density at radius 3 is 2.34 bits per heavy atom. The van der Waals surface area contributed by atoms with Crippen molar-refractivity contribution in [2.24, 2.45) is 0 Å². The molecule has 0 spiro atoms. The number of aromatic nitrogens is 1. The number of benzene rings is 1. The van der Waals surface area contributed by atoms with Crippen LogP contribution >= 0.6 is 0 Å². The smallest absolute Gasteiger partial charge is 0.413 e. The molecule has 0 aliphatic heterocycles. The van der Waals surface area contributed by atoms with Crippen LogP contribution in [0.3, 0.4) is 0 Å². The summed E-state index contributed by atoms with van der Waals surface area (Å²) in [5.41, 5.74) is -0.0269. The molecule has 0 bridgehead atoms. The van der Waals surface area contributed by atoms with Gasteiger partial charge < -0.3 is 9.64 Å². The summed E-state index contributed by atoms with van der Waals surface area (Å²) in [6.45, 7) is 5.19. The van der Waals surface area contributed by atoms with Crippen molar-refractivity contribution in [3.05, 3.63) is 65.5 Å². The van der Waals surface area contributed by atoms with Crippen molar-refractivity contribution in [1.29, 1.82) is 0 Å². The van der Waals surface area contributed by atoms with Crippen LogP contribution < -0.4 is 5.32 Å². The molecule has 0 fully saturated rings. The molecule has 154 valence electrons. The van der Waals surface area contributed by atoms with Gasteiger partial charge in [0.1, 0.15) is 11.4 Å². The number of ketones is 1. The van der Waals surface area contributed by atoms with Gasteiger partial charge in [0.15, 0.2) is 17.4 Å². The molecule has 1 amide bonds. The molecular weight excluding hydrogens is 380 g/mol. The quantitative estimate of drug-likeness (QED) is 0.588. The van der Waals surface area contributed by atoms with Gasteiger partial charge in [0.25, 0.3) is 0 Å².